The summed E-state index contributed by atoms with van der Waals surface area (Å²) in [5.74, 6) is 2.26. The molecule has 0 fully saturated rings. The third kappa shape index (κ3) is 2.69. The Morgan fingerprint density at radius 3 is 2.55 bits per heavy atom. The maximum atomic E-state index is 5.21. The second-order valence-corrected chi connectivity index (χ2v) is 5.21. The molecule has 2 aromatic rings. The van der Waals surface area contributed by atoms with Crippen LogP contribution in [0.5, 0.6) is 5.75 Å². The lowest BCUT2D eigenvalue weighted by Crippen LogP contribution is -2.16. The standard InChI is InChI=1S/C16H20N4O2/c1-20(11-7-9-12(21-2)10-8-11)15-13-5-4-6-14(13)17-16(18-15)19-22-3/h7-10H,4-6H2,1-3H3,(H,17,18,19). The molecule has 1 aliphatic rings. The first-order chi connectivity index (χ1) is 10.7. The van der Waals surface area contributed by atoms with Gasteiger partial charge in [0.05, 0.1) is 19.9 Å². The minimum atomic E-state index is 0.499. The number of ether oxygens (including phenoxy) is 1. The molecule has 0 spiro atoms. The van der Waals surface area contributed by atoms with Crippen LogP contribution in [-0.4, -0.2) is 31.2 Å². The van der Waals surface area contributed by atoms with Crippen LogP contribution in [0, 0.1) is 0 Å². The Bertz CT molecular complexity index is 658. The highest BCUT2D eigenvalue weighted by molar-refractivity contribution is 5.65. The van der Waals surface area contributed by atoms with Crippen LogP contribution in [0.3, 0.4) is 0 Å². The Hall–Kier alpha value is -2.34. The fourth-order valence-electron chi connectivity index (χ4n) is 2.76. The average Bonchev–Trinajstić information content (AvgIpc) is 3.02. The summed E-state index contributed by atoms with van der Waals surface area (Å²) in [4.78, 5) is 16.1. The van der Waals surface area contributed by atoms with E-state index in [9.17, 15) is 0 Å². The lowest BCUT2D eigenvalue weighted by molar-refractivity contribution is 0.267. The SMILES string of the molecule is CONc1nc2c(c(N(C)c3ccc(OC)cc3)n1)CCC2. The number of aryl methyl sites for hydroxylation is 1. The molecule has 0 amide bonds. The predicted molar refractivity (Wildman–Crippen MR) is 85.7 cm³/mol. The van der Waals surface area contributed by atoms with Crippen LogP contribution in [0.4, 0.5) is 17.5 Å². The molecule has 1 aromatic heterocycles. The van der Waals surface area contributed by atoms with E-state index >= 15 is 0 Å². The van der Waals surface area contributed by atoms with E-state index in [1.54, 1.807) is 14.2 Å². The molecule has 1 aliphatic carbocycles. The van der Waals surface area contributed by atoms with Crippen molar-refractivity contribution in [3.05, 3.63) is 35.5 Å². The van der Waals surface area contributed by atoms with E-state index < -0.39 is 0 Å². The number of benzene rings is 1. The zero-order valence-electron chi connectivity index (χ0n) is 13.1. The van der Waals surface area contributed by atoms with Gasteiger partial charge in [-0.1, -0.05) is 0 Å². The van der Waals surface area contributed by atoms with Gasteiger partial charge in [0.1, 0.15) is 11.6 Å². The predicted octanol–water partition coefficient (Wildman–Crippen LogP) is 2.72. The highest BCUT2D eigenvalue weighted by Gasteiger charge is 2.22. The van der Waals surface area contributed by atoms with E-state index in [-0.39, 0.29) is 0 Å². The topological polar surface area (TPSA) is 59.5 Å². The molecule has 0 aliphatic heterocycles. The lowest BCUT2D eigenvalue weighted by Gasteiger charge is -2.22. The van der Waals surface area contributed by atoms with Gasteiger partial charge in [-0.05, 0) is 43.5 Å². The molecule has 3 rings (SSSR count). The summed E-state index contributed by atoms with van der Waals surface area (Å²) in [7, 11) is 5.24. The molecule has 6 heteroatoms. The van der Waals surface area contributed by atoms with Crippen molar-refractivity contribution in [2.24, 2.45) is 0 Å². The number of hydrogen-bond acceptors (Lipinski definition) is 6. The van der Waals surface area contributed by atoms with E-state index in [1.807, 2.05) is 31.3 Å². The van der Waals surface area contributed by atoms with Gasteiger partial charge < -0.3 is 9.64 Å². The van der Waals surface area contributed by atoms with Crippen LogP contribution in [0.25, 0.3) is 0 Å². The number of aromatic nitrogens is 2. The van der Waals surface area contributed by atoms with E-state index in [2.05, 4.69) is 20.3 Å². The molecular formula is C16H20N4O2. The number of nitrogens with zero attached hydrogens (tertiary/aromatic N) is 3. The molecule has 0 unspecified atom stereocenters. The Morgan fingerprint density at radius 2 is 1.86 bits per heavy atom. The summed E-state index contributed by atoms with van der Waals surface area (Å²) in [6.45, 7) is 0. The maximum absolute atomic E-state index is 5.21. The Balaban J connectivity index is 1.98. The molecule has 0 atom stereocenters. The number of rotatable bonds is 5. The zero-order chi connectivity index (χ0) is 15.5. The first kappa shape index (κ1) is 14.6. The molecule has 1 aromatic carbocycles. The van der Waals surface area contributed by atoms with Crippen LogP contribution in [-0.2, 0) is 17.7 Å². The number of hydrogen-bond donors (Lipinski definition) is 1. The largest absolute Gasteiger partial charge is 0.497 e. The van der Waals surface area contributed by atoms with Crippen molar-refractivity contribution >= 4 is 17.5 Å². The quantitative estimate of drug-likeness (QED) is 0.857. The maximum Gasteiger partial charge on any atom is 0.249 e. The smallest absolute Gasteiger partial charge is 0.249 e. The average molecular weight is 300 g/mol. The molecule has 116 valence electrons. The number of nitrogens with one attached hydrogen (secondary N) is 1. The molecule has 1 heterocycles. The fourth-order valence-corrected chi connectivity index (χ4v) is 2.76. The van der Waals surface area contributed by atoms with Crippen LogP contribution in [0.2, 0.25) is 0 Å². The summed E-state index contributed by atoms with van der Waals surface area (Å²) < 4.78 is 5.21. The summed E-state index contributed by atoms with van der Waals surface area (Å²) in [5, 5.41) is 0. The molecule has 0 bridgehead atoms. The van der Waals surface area contributed by atoms with Crippen molar-refractivity contribution < 1.29 is 9.57 Å². The van der Waals surface area contributed by atoms with Crippen LogP contribution in [0.15, 0.2) is 24.3 Å². The molecular weight excluding hydrogens is 280 g/mol. The molecule has 22 heavy (non-hydrogen) atoms. The van der Waals surface area contributed by atoms with Crippen molar-refractivity contribution in [3.8, 4) is 5.75 Å². The number of fused-ring (bicyclic) bond motifs is 1. The summed E-state index contributed by atoms with van der Waals surface area (Å²) in [6, 6.07) is 7.93. The van der Waals surface area contributed by atoms with E-state index in [4.69, 9.17) is 9.57 Å². The summed E-state index contributed by atoms with van der Waals surface area (Å²) in [5.41, 5.74) is 6.11. The highest BCUT2D eigenvalue weighted by atomic mass is 16.6. The van der Waals surface area contributed by atoms with Gasteiger partial charge in [-0.25, -0.2) is 10.5 Å². The van der Waals surface area contributed by atoms with Crippen molar-refractivity contribution in [3.63, 3.8) is 0 Å². The molecule has 1 N–H and O–H groups in total. The van der Waals surface area contributed by atoms with Crippen molar-refractivity contribution in [1.29, 1.82) is 0 Å². The molecule has 0 radical (unpaired) electrons. The van der Waals surface area contributed by atoms with E-state index in [0.717, 1.165) is 42.2 Å². The zero-order valence-corrected chi connectivity index (χ0v) is 13.1. The second-order valence-electron chi connectivity index (χ2n) is 5.21. The van der Waals surface area contributed by atoms with Crippen molar-refractivity contribution in [1.82, 2.24) is 9.97 Å². The second kappa shape index (κ2) is 6.19. The summed E-state index contributed by atoms with van der Waals surface area (Å²) >= 11 is 0. The normalized spacial score (nSPS) is 12.9. The number of anilines is 3. The first-order valence-corrected chi connectivity index (χ1v) is 7.29. The Morgan fingerprint density at radius 1 is 1.09 bits per heavy atom. The highest BCUT2D eigenvalue weighted by Crippen LogP contribution is 2.33. The van der Waals surface area contributed by atoms with Crippen LogP contribution < -0.4 is 15.1 Å². The van der Waals surface area contributed by atoms with Gasteiger partial charge >= 0.3 is 0 Å². The third-order valence-corrected chi connectivity index (χ3v) is 3.88. The van der Waals surface area contributed by atoms with Crippen molar-refractivity contribution in [2.75, 3.05) is 31.6 Å². The minimum Gasteiger partial charge on any atom is -0.497 e. The Kier molecular flexibility index (Phi) is 4.11. The van der Waals surface area contributed by atoms with Crippen LogP contribution >= 0.6 is 0 Å². The lowest BCUT2D eigenvalue weighted by atomic mass is 10.2. The Labute approximate surface area is 130 Å². The minimum absolute atomic E-state index is 0.499. The van der Waals surface area contributed by atoms with Gasteiger partial charge in [0, 0.05) is 18.3 Å². The monoisotopic (exact) mass is 300 g/mol. The van der Waals surface area contributed by atoms with Gasteiger partial charge in [0.25, 0.3) is 0 Å². The fraction of sp³-hybridized carbons (Fsp3) is 0.375. The van der Waals surface area contributed by atoms with Crippen molar-refractivity contribution in [2.45, 2.75) is 19.3 Å². The van der Waals surface area contributed by atoms with Gasteiger partial charge in [-0.15, -0.1) is 0 Å². The van der Waals surface area contributed by atoms with Gasteiger partial charge in [0.15, 0.2) is 0 Å². The molecule has 0 saturated carbocycles. The molecule has 0 saturated heterocycles. The van der Waals surface area contributed by atoms with E-state index in [1.165, 1.54) is 5.56 Å². The molecule has 6 nitrogen and oxygen atoms in total. The number of methoxy groups -OCH3 is 1. The van der Waals surface area contributed by atoms with E-state index in [0.29, 0.717) is 5.95 Å². The first-order valence-electron chi connectivity index (χ1n) is 7.29. The summed E-state index contributed by atoms with van der Waals surface area (Å²) in [6.07, 6.45) is 3.11. The van der Waals surface area contributed by atoms with Crippen LogP contribution in [0.1, 0.15) is 17.7 Å². The third-order valence-electron chi connectivity index (χ3n) is 3.88. The van der Waals surface area contributed by atoms with Gasteiger partial charge in [-0.3, -0.25) is 4.84 Å². The van der Waals surface area contributed by atoms with Gasteiger partial charge in [0.2, 0.25) is 5.95 Å². The van der Waals surface area contributed by atoms with Gasteiger partial charge in [-0.2, -0.15) is 4.98 Å².